The summed E-state index contributed by atoms with van der Waals surface area (Å²) in [7, 11) is 0. The molecule has 1 aromatic heterocycles. The zero-order valence-electron chi connectivity index (χ0n) is 21.0. The van der Waals surface area contributed by atoms with Crippen LogP contribution in [0.5, 0.6) is 0 Å². The fraction of sp³-hybridized carbons (Fsp3) is 0.379. The highest BCUT2D eigenvalue weighted by molar-refractivity contribution is 6.02. The van der Waals surface area contributed by atoms with Gasteiger partial charge in [0, 0.05) is 36.1 Å². The van der Waals surface area contributed by atoms with Crippen LogP contribution in [0.25, 0.3) is 5.70 Å². The largest absolute Gasteiger partial charge is 0.384 e. The summed E-state index contributed by atoms with van der Waals surface area (Å²) in [6.07, 6.45) is 22.1. The Balaban J connectivity index is 1.54. The van der Waals surface area contributed by atoms with Gasteiger partial charge in [0.15, 0.2) is 0 Å². The molecule has 3 aliphatic rings. The van der Waals surface area contributed by atoms with Crippen LogP contribution in [-0.2, 0) is 0 Å². The lowest BCUT2D eigenvalue weighted by Gasteiger charge is -2.33. The summed E-state index contributed by atoms with van der Waals surface area (Å²) in [5, 5.41) is 6.97. The van der Waals surface area contributed by atoms with Crippen molar-refractivity contribution in [2.45, 2.75) is 52.5 Å². The van der Waals surface area contributed by atoms with E-state index in [4.69, 9.17) is 4.99 Å². The van der Waals surface area contributed by atoms with Crippen LogP contribution in [0.15, 0.2) is 89.8 Å². The average Bonchev–Trinajstić information content (AvgIpc) is 3.28. The van der Waals surface area contributed by atoms with E-state index in [0.717, 1.165) is 37.9 Å². The van der Waals surface area contributed by atoms with E-state index in [-0.39, 0.29) is 5.82 Å². The number of aromatic nitrogens is 1. The second kappa shape index (κ2) is 11.3. The van der Waals surface area contributed by atoms with Crippen LogP contribution in [0.4, 0.5) is 4.39 Å². The summed E-state index contributed by atoms with van der Waals surface area (Å²) in [6.45, 7) is 11.6. The summed E-state index contributed by atoms with van der Waals surface area (Å²) < 4.78 is 14.0. The summed E-state index contributed by atoms with van der Waals surface area (Å²) in [5.41, 5.74) is 4.64. The third-order valence-corrected chi connectivity index (χ3v) is 6.85. The van der Waals surface area contributed by atoms with Crippen molar-refractivity contribution in [1.82, 2.24) is 20.5 Å². The van der Waals surface area contributed by atoms with Crippen LogP contribution < -0.4 is 10.6 Å². The van der Waals surface area contributed by atoms with E-state index in [9.17, 15) is 4.39 Å². The summed E-state index contributed by atoms with van der Waals surface area (Å²) in [6, 6.07) is 1.82. The molecule has 4 rings (SSSR count). The summed E-state index contributed by atoms with van der Waals surface area (Å²) in [5.74, 6) is 1.09. The fourth-order valence-electron chi connectivity index (χ4n) is 4.89. The number of fused-ring (bicyclic) bond motifs is 1. The highest BCUT2D eigenvalue weighted by Crippen LogP contribution is 2.32. The van der Waals surface area contributed by atoms with E-state index < -0.39 is 0 Å². The second-order valence-electron chi connectivity index (χ2n) is 9.32. The van der Waals surface area contributed by atoms with Crippen molar-refractivity contribution in [3.05, 3.63) is 96.2 Å². The van der Waals surface area contributed by atoms with Crippen molar-refractivity contribution in [3.8, 4) is 0 Å². The van der Waals surface area contributed by atoms with E-state index in [2.05, 4.69) is 84.4 Å². The van der Waals surface area contributed by atoms with Crippen molar-refractivity contribution < 1.29 is 4.39 Å². The number of halogens is 1. The van der Waals surface area contributed by atoms with Gasteiger partial charge in [-0.1, -0.05) is 63.6 Å². The number of pyridine rings is 1. The fourth-order valence-corrected chi connectivity index (χ4v) is 4.89. The lowest BCUT2D eigenvalue weighted by atomic mass is 9.90. The van der Waals surface area contributed by atoms with Crippen LogP contribution in [0, 0.1) is 17.7 Å². The number of unbranched alkanes of at least 4 members (excludes halogenated alkanes) is 1. The molecule has 0 amide bonds. The van der Waals surface area contributed by atoms with Crippen molar-refractivity contribution >= 4 is 11.5 Å². The number of amidine groups is 1. The molecule has 1 aromatic rings. The SMILES string of the molecule is C=C1C(NCCC2=CNC3C=CC=CC23)=NC(c2cncc(F)c2)=CN1/C(=C\C)C(C)CCCC. The van der Waals surface area contributed by atoms with E-state index in [1.165, 1.54) is 23.5 Å². The average molecular weight is 474 g/mol. The maximum absolute atomic E-state index is 14.0. The van der Waals surface area contributed by atoms with Gasteiger partial charge in [0.25, 0.3) is 0 Å². The van der Waals surface area contributed by atoms with Gasteiger partial charge in [0.2, 0.25) is 0 Å². The maximum atomic E-state index is 14.0. The Labute approximate surface area is 208 Å². The highest BCUT2D eigenvalue weighted by atomic mass is 19.1. The quantitative estimate of drug-likeness (QED) is 0.458. The number of allylic oxidation sites excluding steroid dienone is 4. The molecule has 0 saturated heterocycles. The number of hydrogen-bond donors (Lipinski definition) is 2. The molecule has 3 atom stereocenters. The molecule has 5 nitrogen and oxygen atoms in total. The molecule has 35 heavy (non-hydrogen) atoms. The number of nitrogens with zero attached hydrogens (tertiary/aromatic N) is 3. The van der Waals surface area contributed by atoms with Crippen molar-refractivity contribution in [1.29, 1.82) is 0 Å². The monoisotopic (exact) mass is 473 g/mol. The molecule has 6 heteroatoms. The van der Waals surface area contributed by atoms with Crippen molar-refractivity contribution in [2.75, 3.05) is 6.54 Å². The van der Waals surface area contributed by atoms with Gasteiger partial charge in [-0.25, -0.2) is 9.38 Å². The molecule has 0 aromatic carbocycles. The molecular formula is C29H36FN5. The first-order valence-electron chi connectivity index (χ1n) is 12.6. The molecule has 2 N–H and O–H groups in total. The van der Waals surface area contributed by atoms with Gasteiger partial charge in [0.05, 0.1) is 23.6 Å². The Morgan fingerprint density at radius 1 is 1.31 bits per heavy atom. The number of hydrogen-bond acceptors (Lipinski definition) is 5. The van der Waals surface area contributed by atoms with E-state index in [1.54, 1.807) is 6.20 Å². The Morgan fingerprint density at radius 2 is 2.14 bits per heavy atom. The topological polar surface area (TPSA) is 52.6 Å². The Bertz CT molecular complexity index is 1120. The van der Waals surface area contributed by atoms with Gasteiger partial charge in [-0.05, 0) is 43.5 Å². The highest BCUT2D eigenvalue weighted by Gasteiger charge is 2.28. The zero-order chi connectivity index (χ0) is 24.8. The molecular weight excluding hydrogens is 437 g/mol. The molecule has 184 valence electrons. The van der Waals surface area contributed by atoms with Crippen LogP contribution >= 0.6 is 0 Å². The minimum atomic E-state index is -0.378. The second-order valence-corrected chi connectivity index (χ2v) is 9.32. The van der Waals surface area contributed by atoms with Crippen molar-refractivity contribution in [3.63, 3.8) is 0 Å². The Hall–Kier alpha value is -3.41. The predicted molar refractivity (Wildman–Crippen MR) is 142 cm³/mol. The van der Waals surface area contributed by atoms with Crippen LogP contribution in [0.2, 0.25) is 0 Å². The number of aliphatic imine (C=N–C) groups is 1. The van der Waals surface area contributed by atoms with Gasteiger partial charge in [-0.3, -0.25) is 4.98 Å². The van der Waals surface area contributed by atoms with Gasteiger partial charge in [0.1, 0.15) is 11.7 Å². The summed E-state index contributed by atoms with van der Waals surface area (Å²) >= 11 is 0. The third-order valence-electron chi connectivity index (χ3n) is 6.85. The lowest BCUT2D eigenvalue weighted by Crippen LogP contribution is -2.36. The standard InChI is InChI=1S/C29H36FN5/c1-5-7-10-20(3)28(6-2)35-19-27(23-15-24(30)18-31-16-23)34-29(21(35)4)32-14-13-22-17-33-26-12-9-8-11-25(22)26/h6,8-9,11-12,15-20,25-26,33H,4-5,7,10,13-14H2,1-3H3,(H,32,34)/b28-6-. The third kappa shape index (κ3) is 5.64. The predicted octanol–water partition coefficient (Wildman–Crippen LogP) is 6.05. The van der Waals surface area contributed by atoms with E-state index in [0.29, 0.717) is 35.0 Å². The molecule has 0 bridgehead atoms. The minimum absolute atomic E-state index is 0.351. The minimum Gasteiger partial charge on any atom is -0.384 e. The van der Waals surface area contributed by atoms with Gasteiger partial charge < -0.3 is 15.5 Å². The molecule has 0 radical (unpaired) electrons. The normalized spacial score (nSPS) is 22.3. The first-order chi connectivity index (χ1) is 17.0. The molecule has 1 aliphatic carbocycles. The molecule has 2 aliphatic heterocycles. The van der Waals surface area contributed by atoms with Gasteiger partial charge >= 0.3 is 0 Å². The van der Waals surface area contributed by atoms with Gasteiger partial charge in [-0.15, -0.1) is 0 Å². The van der Waals surface area contributed by atoms with Crippen LogP contribution in [-0.4, -0.2) is 28.3 Å². The zero-order valence-corrected chi connectivity index (χ0v) is 21.0. The van der Waals surface area contributed by atoms with Crippen LogP contribution in [0.3, 0.4) is 0 Å². The lowest BCUT2D eigenvalue weighted by molar-refractivity contribution is 0.452. The molecule has 3 unspecified atom stereocenters. The smallest absolute Gasteiger partial charge is 0.150 e. The summed E-state index contributed by atoms with van der Waals surface area (Å²) in [4.78, 5) is 11.0. The molecule has 0 fully saturated rings. The van der Waals surface area contributed by atoms with E-state index >= 15 is 0 Å². The van der Waals surface area contributed by atoms with Crippen LogP contribution in [0.1, 0.15) is 52.0 Å². The first-order valence-corrected chi connectivity index (χ1v) is 12.6. The number of rotatable bonds is 9. The Morgan fingerprint density at radius 3 is 2.91 bits per heavy atom. The van der Waals surface area contributed by atoms with E-state index in [1.807, 2.05) is 6.20 Å². The maximum Gasteiger partial charge on any atom is 0.150 e. The first kappa shape index (κ1) is 24.7. The van der Waals surface area contributed by atoms with Crippen molar-refractivity contribution in [2.24, 2.45) is 16.8 Å². The molecule has 0 spiro atoms. The molecule has 3 heterocycles. The Kier molecular flexibility index (Phi) is 8.01. The number of nitrogens with one attached hydrogen (secondary N) is 2. The van der Waals surface area contributed by atoms with Gasteiger partial charge in [-0.2, -0.15) is 0 Å². The molecule has 0 saturated carbocycles.